The molecule has 0 saturated carbocycles. The Morgan fingerprint density at radius 1 is 1.11 bits per heavy atom. The second-order valence-electron chi connectivity index (χ2n) is 6.00. The normalized spacial score (nSPS) is 10.3. The second-order valence-corrected chi connectivity index (χ2v) is 6.86. The van der Waals surface area contributed by atoms with Crippen LogP contribution in [-0.4, -0.2) is 44.5 Å². The molecule has 6 nitrogen and oxygen atoms in total. The Balaban J connectivity index is 2.07. The minimum atomic E-state index is -0.231. The molecule has 0 aromatic heterocycles. The molecule has 0 aliphatic rings. The van der Waals surface area contributed by atoms with Gasteiger partial charge in [-0.05, 0) is 52.7 Å². The first-order valence-corrected chi connectivity index (χ1v) is 9.25. The number of methoxy groups -OCH3 is 1. The minimum Gasteiger partial charge on any atom is -0.493 e. The molecular formula is C20H23BrN2O4. The Hall–Kier alpha value is -2.54. The van der Waals surface area contributed by atoms with Crippen molar-refractivity contribution >= 4 is 27.7 Å². The summed E-state index contributed by atoms with van der Waals surface area (Å²) in [5, 5.41) is 2.87. The summed E-state index contributed by atoms with van der Waals surface area (Å²) in [5.74, 6) is 0.767. The monoisotopic (exact) mass is 434 g/mol. The van der Waals surface area contributed by atoms with Crippen molar-refractivity contribution in [1.29, 1.82) is 0 Å². The molecule has 0 bridgehead atoms. The predicted molar refractivity (Wildman–Crippen MR) is 107 cm³/mol. The van der Waals surface area contributed by atoms with Gasteiger partial charge in [-0.25, -0.2) is 0 Å². The van der Waals surface area contributed by atoms with Crippen molar-refractivity contribution in [1.82, 2.24) is 10.2 Å². The molecule has 27 heavy (non-hydrogen) atoms. The summed E-state index contributed by atoms with van der Waals surface area (Å²) >= 11 is 3.42. The fraction of sp³-hybridized carbons (Fsp3) is 0.300. The number of ether oxygens (including phenoxy) is 2. The SMILES string of the molecule is CCOc1c(Br)cc(C(=O)NCc2ccc(C(=O)N(C)C)cc2)cc1OC. The van der Waals surface area contributed by atoms with Gasteiger partial charge in [0.25, 0.3) is 11.8 Å². The molecule has 2 rings (SSSR count). The smallest absolute Gasteiger partial charge is 0.253 e. The van der Waals surface area contributed by atoms with Gasteiger partial charge in [-0.15, -0.1) is 0 Å². The maximum Gasteiger partial charge on any atom is 0.253 e. The van der Waals surface area contributed by atoms with Crippen LogP contribution < -0.4 is 14.8 Å². The van der Waals surface area contributed by atoms with Crippen molar-refractivity contribution in [2.45, 2.75) is 13.5 Å². The number of hydrogen-bond acceptors (Lipinski definition) is 4. The third-order valence-corrected chi connectivity index (χ3v) is 4.43. The number of amides is 2. The summed E-state index contributed by atoms with van der Waals surface area (Å²) in [7, 11) is 4.95. The van der Waals surface area contributed by atoms with E-state index in [1.165, 1.54) is 12.0 Å². The number of rotatable bonds is 7. The fourth-order valence-electron chi connectivity index (χ4n) is 2.44. The molecular weight excluding hydrogens is 412 g/mol. The van der Waals surface area contributed by atoms with E-state index in [2.05, 4.69) is 21.2 Å². The van der Waals surface area contributed by atoms with Crippen LogP contribution in [0.2, 0.25) is 0 Å². The number of nitrogens with one attached hydrogen (secondary N) is 1. The lowest BCUT2D eigenvalue weighted by molar-refractivity contribution is 0.0827. The molecule has 2 aromatic rings. The highest BCUT2D eigenvalue weighted by atomic mass is 79.9. The molecule has 144 valence electrons. The van der Waals surface area contributed by atoms with E-state index in [-0.39, 0.29) is 11.8 Å². The zero-order valence-electron chi connectivity index (χ0n) is 15.8. The van der Waals surface area contributed by atoms with Crippen LogP contribution in [0.3, 0.4) is 0 Å². The quantitative estimate of drug-likeness (QED) is 0.723. The van der Waals surface area contributed by atoms with Gasteiger partial charge in [-0.2, -0.15) is 0 Å². The Morgan fingerprint density at radius 2 is 1.78 bits per heavy atom. The Bertz CT molecular complexity index is 819. The lowest BCUT2D eigenvalue weighted by Gasteiger charge is -2.13. The zero-order valence-corrected chi connectivity index (χ0v) is 17.4. The number of benzene rings is 2. The van der Waals surface area contributed by atoms with Crippen molar-refractivity contribution in [3.05, 3.63) is 57.6 Å². The van der Waals surface area contributed by atoms with Crippen LogP contribution in [-0.2, 0) is 6.54 Å². The Labute approximate surface area is 167 Å². The van der Waals surface area contributed by atoms with Gasteiger partial charge in [0.05, 0.1) is 18.2 Å². The largest absolute Gasteiger partial charge is 0.493 e. The standard InChI is InChI=1S/C20H23BrN2O4/c1-5-27-18-16(21)10-15(11-17(18)26-4)19(24)22-12-13-6-8-14(9-7-13)20(25)23(2)3/h6-11H,5,12H2,1-4H3,(H,22,24). The molecule has 0 spiro atoms. The summed E-state index contributed by atoms with van der Waals surface area (Å²) in [5.41, 5.74) is 1.97. The molecule has 0 aliphatic carbocycles. The highest BCUT2D eigenvalue weighted by molar-refractivity contribution is 9.10. The van der Waals surface area contributed by atoms with Crippen molar-refractivity contribution in [3.8, 4) is 11.5 Å². The van der Waals surface area contributed by atoms with Crippen LogP contribution in [0, 0.1) is 0 Å². The van der Waals surface area contributed by atoms with Crippen LogP contribution in [0.15, 0.2) is 40.9 Å². The lowest BCUT2D eigenvalue weighted by atomic mass is 10.1. The molecule has 2 amide bonds. The van der Waals surface area contributed by atoms with Crippen LogP contribution in [0.1, 0.15) is 33.2 Å². The second kappa shape index (κ2) is 9.41. The maximum atomic E-state index is 12.5. The van der Waals surface area contributed by atoms with Crippen LogP contribution in [0.5, 0.6) is 11.5 Å². The lowest BCUT2D eigenvalue weighted by Crippen LogP contribution is -2.23. The van der Waals surface area contributed by atoms with Gasteiger partial charge in [0, 0.05) is 31.8 Å². The number of halogens is 1. The van der Waals surface area contributed by atoms with Gasteiger partial charge in [0.1, 0.15) is 0 Å². The molecule has 0 unspecified atom stereocenters. The molecule has 0 saturated heterocycles. The fourth-order valence-corrected chi connectivity index (χ4v) is 3.00. The summed E-state index contributed by atoms with van der Waals surface area (Å²) in [6.07, 6.45) is 0. The Kier molecular flexibility index (Phi) is 7.24. The molecule has 0 radical (unpaired) electrons. The molecule has 2 aromatic carbocycles. The van der Waals surface area contributed by atoms with Gasteiger partial charge in [0.15, 0.2) is 11.5 Å². The van der Waals surface area contributed by atoms with E-state index in [1.54, 1.807) is 38.4 Å². The van der Waals surface area contributed by atoms with Gasteiger partial charge >= 0.3 is 0 Å². The molecule has 0 aliphatic heterocycles. The summed E-state index contributed by atoms with van der Waals surface area (Å²) < 4.78 is 11.5. The van der Waals surface area contributed by atoms with Crippen molar-refractivity contribution in [2.24, 2.45) is 0 Å². The van der Waals surface area contributed by atoms with Gasteiger partial charge in [0.2, 0.25) is 0 Å². The highest BCUT2D eigenvalue weighted by Gasteiger charge is 2.15. The number of carbonyl (C=O) groups is 2. The van der Waals surface area contributed by atoms with Crippen molar-refractivity contribution in [2.75, 3.05) is 27.8 Å². The summed E-state index contributed by atoms with van der Waals surface area (Å²) in [6.45, 7) is 2.72. The first-order valence-electron chi connectivity index (χ1n) is 8.46. The van der Waals surface area contributed by atoms with E-state index in [1.807, 2.05) is 19.1 Å². The molecule has 0 heterocycles. The van der Waals surface area contributed by atoms with E-state index < -0.39 is 0 Å². The number of hydrogen-bond donors (Lipinski definition) is 1. The molecule has 0 fully saturated rings. The predicted octanol–water partition coefficient (Wildman–Crippen LogP) is 3.49. The summed E-state index contributed by atoms with van der Waals surface area (Å²) in [6, 6.07) is 10.5. The van der Waals surface area contributed by atoms with Crippen molar-refractivity contribution in [3.63, 3.8) is 0 Å². The summed E-state index contributed by atoms with van der Waals surface area (Å²) in [4.78, 5) is 25.9. The first-order chi connectivity index (χ1) is 12.9. The molecule has 7 heteroatoms. The first kappa shape index (κ1) is 20.8. The third-order valence-electron chi connectivity index (χ3n) is 3.84. The third kappa shape index (κ3) is 5.23. The average molecular weight is 435 g/mol. The molecule has 1 N–H and O–H groups in total. The van der Waals surface area contributed by atoms with Crippen LogP contribution in [0.4, 0.5) is 0 Å². The molecule has 0 atom stereocenters. The number of carbonyl (C=O) groups excluding carboxylic acids is 2. The van der Waals surface area contributed by atoms with Crippen LogP contribution in [0.25, 0.3) is 0 Å². The van der Waals surface area contributed by atoms with Gasteiger partial charge < -0.3 is 19.7 Å². The van der Waals surface area contributed by atoms with Gasteiger partial charge in [-0.1, -0.05) is 12.1 Å². The van der Waals surface area contributed by atoms with E-state index in [0.717, 1.165) is 5.56 Å². The van der Waals surface area contributed by atoms with Crippen molar-refractivity contribution < 1.29 is 19.1 Å². The van der Waals surface area contributed by atoms with E-state index in [4.69, 9.17) is 9.47 Å². The van der Waals surface area contributed by atoms with Crippen LogP contribution >= 0.6 is 15.9 Å². The van der Waals surface area contributed by atoms with E-state index >= 15 is 0 Å². The topological polar surface area (TPSA) is 67.9 Å². The van der Waals surface area contributed by atoms with E-state index in [9.17, 15) is 9.59 Å². The average Bonchev–Trinajstić information content (AvgIpc) is 2.67. The Morgan fingerprint density at radius 3 is 2.33 bits per heavy atom. The minimum absolute atomic E-state index is 0.0584. The number of nitrogens with zero attached hydrogens (tertiary/aromatic N) is 1. The van der Waals surface area contributed by atoms with E-state index in [0.29, 0.717) is 40.3 Å². The zero-order chi connectivity index (χ0) is 20.0. The van der Waals surface area contributed by atoms with Gasteiger partial charge in [-0.3, -0.25) is 9.59 Å². The maximum absolute atomic E-state index is 12.5. The highest BCUT2D eigenvalue weighted by Crippen LogP contribution is 2.36.